The molecular formula is C22H27ClN2O4. The largest absolute Gasteiger partial charge is 0.490 e. The van der Waals surface area contributed by atoms with Crippen molar-refractivity contribution in [2.75, 3.05) is 19.8 Å². The summed E-state index contributed by atoms with van der Waals surface area (Å²) in [7, 11) is 0. The number of amides is 1. The van der Waals surface area contributed by atoms with Gasteiger partial charge in [0.05, 0.1) is 25.5 Å². The van der Waals surface area contributed by atoms with Crippen molar-refractivity contribution in [3.05, 3.63) is 52.5 Å². The first-order valence-corrected chi connectivity index (χ1v) is 10.1. The molecule has 1 N–H and O–H groups in total. The molecule has 0 saturated heterocycles. The standard InChI is InChI=1S/C22H27ClN2O4/c1-5-18(15-9-11-17(23)12-10-15)24-25-22(26)16-13-19(27-6-2)21(29-8-4)20(14-16)28-7-3/h9-14H,5-8H2,1-4H3,(H,25,26). The van der Waals surface area contributed by atoms with Gasteiger partial charge in [0.1, 0.15) is 0 Å². The monoisotopic (exact) mass is 418 g/mol. The maximum absolute atomic E-state index is 12.7. The fraction of sp³-hybridized carbons (Fsp3) is 0.364. The second-order valence-corrected chi connectivity index (χ2v) is 6.40. The Bertz CT molecular complexity index is 823. The number of hydrazone groups is 1. The summed E-state index contributed by atoms with van der Waals surface area (Å²) in [6, 6.07) is 10.6. The predicted octanol–water partition coefficient (Wildman–Crippen LogP) is 5.08. The third-order valence-electron chi connectivity index (χ3n) is 3.98. The van der Waals surface area contributed by atoms with Crippen LogP contribution < -0.4 is 19.6 Å². The molecule has 0 aliphatic heterocycles. The molecule has 156 valence electrons. The van der Waals surface area contributed by atoms with Gasteiger partial charge in [0.2, 0.25) is 5.75 Å². The van der Waals surface area contributed by atoms with E-state index >= 15 is 0 Å². The van der Waals surface area contributed by atoms with Crippen LogP contribution in [-0.4, -0.2) is 31.4 Å². The van der Waals surface area contributed by atoms with Gasteiger partial charge in [-0.15, -0.1) is 0 Å². The summed E-state index contributed by atoms with van der Waals surface area (Å²) in [5.74, 6) is 1.05. The van der Waals surface area contributed by atoms with Crippen molar-refractivity contribution < 1.29 is 19.0 Å². The van der Waals surface area contributed by atoms with Crippen molar-refractivity contribution >= 4 is 23.2 Å². The molecule has 0 fully saturated rings. The normalized spacial score (nSPS) is 11.1. The summed E-state index contributed by atoms with van der Waals surface area (Å²) in [6.07, 6.45) is 0.652. The summed E-state index contributed by atoms with van der Waals surface area (Å²) >= 11 is 5.94. The van der Waals surface area contributed by atoms with Gasteiger partial charge in [-0.1, -0.05) is 30.7 Å². The van der Waals surface area contributed by atoms with Gasteiger partial charge in [-0.3, -0.25) is 4.79 Å². The van der Waals surface area contributed by atoms with Gasteiger partial charge in [0, 0.05) is 10.6 Å². The predicted molar refractivity (Wildman–Crippen MR) is 116 cm³/mol. The number of carbonyl (C=O) groups is 1. The molecule has 0 aliphatic carbocycles. The number of halogens is 1. The number of benzene rings is 2. The van der Waals surface area contributed by atoms with E-state index in [2.05, 4.69) is 10.5 Å². The lowest BCUT2D eigenvalue weighted by Crippen LogP contribution is -2.20. The highest BCUT2D eigenvalue weighted by Crippen LogP contribution is 2.39. The third kappa shape index (κ3) is 6.12. The number of hydrogen-bond acceptors (Lipinski definition) is 5. The summed E-state index contributed by atoms with van der Waals surface area (Å²) < 4.78 is 17.0. The van der Waals surface area contributed by atoms with Gasteiger partial charge in [0.25, 0.3) is 5.91 Å². The molecule has 0 heterocycles. The van der Waals surface area contributed by atoms with Crippen molar-refractivity contribution in [2.24, 2.45) is 5.10 Å². The van der Waals surface area contributed by atoms with Gasteiger partial charge in [0.15, 0.2) is 11.5 Å². The minimum absolute atomic E-state index is 0.366. The molecule has 0 bridgehead atoms. The first kappa shape index (κ1) is 22.6. The van der Waals surface area contributed by atoms with Gasteiger partial charge < -0.3 is 14.2 Å². The van der Waals surface area contributed by atoms with Crippen LogP contribution in [0.3, 0.4) is 0 Å². The number of hydrogen-bond donors (Lipinski definition) is 1. The lowest BCUT2D eigenvalue weighted by Gasteiger charge is -2.16. The molecule has 1 amide bonds. The maximum atomic E-state index is 12.7. The molecule has 0 spiro atoms. The Morgan fingerprint density at radius 3 is 1.93 bits per heavy atom. The summed E-state index contributed by atoms with van der Waals surface area (Å²) in [4.78, 5) is 12.7. The SMILES string of the molecule is CCOc1cc(C(=O)NN=C(CC)c2ccc(Cl)cc2)cc(OCC)c1OCC. The van der Waals surface area contributed by atoms with Crippen LogP contribution in [0.1, 0.15) is 50.0 Å². The van der Waals surface area contributed by atoms with Gasteiger partial charge in [-0.05, 0) is 57.0 Å². The zero-order valence-electron chi connectivity index (χ0n) is 17.3. The molecule has 0 radical (unpaired) electrons. The van der Waals surface area contributed by atoms with Crippen LogP contribution in [0.4, 0.5) is 0 Å². The minimum Gasteiger partial charge on any atom is -0.490 e. The second kappa shape index (κ2) is 11.3. The number of rotatable bonds is 10. The van der Waals surface area contributed by atoms with E-state index in [9.17, 15) is 4.79 Å². The van der Waals surface area contributed by atoms with Crippen LogP contribution >= 0.6 is 11.6 Å². The Morgan fingerprint density at radius 1 is 0.897 bits per heavy atom. The molecule has 0 saturated carbocycles. The number of nitrogens with one attached hydrogen (secondary N) is 1. The smallest absolute Gasteiger partial charge is 0.271 e. The first-order chi connectivity index (χ1) is 14.0. The summed E-state index contributed by atoms with van der Waals surface area (Å²) in [5, 5.41) is 4.94. The fourth-order valence-electron chi connectivity index (χ4n) is 2.69. The van der Waals surface area contributed by atoms with E-state index in [0.717, 1.165) is 11.3 Å². The topological polar surface area (TPSA) is 69.2 Å². The van der Waals surface area contributed by atoms with Crippen LogP contribution in [0.15, 0.2) is 41.5 Å². The highest BCUT2D eigenvalue weighted by atomic mass is 35.5. The van der Waals surface area contributed by atoms with E-state index in [-0.39, 0.29) is 5.91 Å². The zero-order valence-corrected chi connectivity index (χ0v) is 18.0. The Kier molecular flexibility index (Phi) is 8.80. The molecule has 29 heavy (non-hydrogen) atoms. The van der Waals surface area contributed by atoms with E-state index in [1.54, 1.807) is 24.3 Å². The fourth-order valence-corrected chi connectivity index (χ4v) is 2.82. The number of carbonyl (C=O) groups excluding carboxylic acids is 1. The molecule has 0 unspecified atom stereocenters. The molecular weight excluding hydrogens is 392 g/mol. The van der Waals surface area contributed by atoms with E-state index in [0.29, 0.717) is 54.1 Å². The van der Waals surface area contributed by atoms with Crippen molar-refractivity contribution in [1.82, 2.24) is 5.43 Å². The highest BCUT2D eigenvalue weighted by Gasteiger charge is 2.18. The lowest BCUT2D eigenvalue weighted by molar-refractivity contribution is 0.0953. The molecule has 6 nitrogen and oxygen atoms in total. The molecule has 0 atom stereocenters. The molecule has 0 aromatic heterocycles. The molecule has 2 rings (SSSR count). The highest BCUT2D eigenvalue weighted by molar-refractivity contribution is 6.30. The maximum Gasteiger partial charge on any atom is 0.271 e. The average molecular weight is 419 g/mol. The van der Waals surface area contributed by atoms with Crippen molar-refractivity contribution in [2.45, 2.75) is 34.1 Å². The van der Waals surface area contributed by atoms with Crippen molar-refractivity contribution in [3.63, 3.8) is 0 Å². The molecule has 2 aromatic carbocycles. The third-order valence-corrected chi connectivity index (χ3v) is 4.23. The quantitative estimate of drug-likeness (QED) is 0.431. The molecule has 7 heteroatoms. The van der Waals surface area contributed by atoms with Gasteiger partial charge in [-0.2, -0.15) is 5.10 Å². The van der Waals surface area contributed by atoms with Crippen molar-refractivity contribution in [1.29, 1.82) is 0 Å². The van der Waals surface area contributed by atoms with Crippen molar-refractivity contribution in [3.8, 4) is 17.2 Å². The number of ether oxygens (including phenoxy) is 3. The Labute approximate surface area is 176 Å². The van der Waals surface area contributed by atoms with E-state index < -0.39 is 0 Å². The van der Waals surface area contributed by atoms with Crippen LogP contribution in [0.25, 0.3) is 0 Å². The minimum atomic E-state index is -0.366. The van der Waals surface area contributed by atoms with E-state index in [4.69, 9.17) is 25.8 Å². The van der Waals surface area contributed by atoms with Crippen LogP contribution in [0, 0.1) is 0 Å². The van der Waals surface area contributed by atoms with Crippen LogP contribution in [0.2, 0.25) is 5.02 Å². The Balaban J connectivity index is 2.31. The van der Waals surface area contributed by atoms with Gasteiger partial charge in [-0.25, -0.2) is 5.43 Å². The molecule has 2 aromatic rings. The average Bonchev–Trinajstić information content (AvgIpc) is 2.72. The lowest BCUT2D eigenvalue weighted by atomic mass is 10.1. The number of nitrogens with zero attached hydrogens (tertiary/aromatic N) is 1. The van der Waals surface area contributed by atoms with Crippen LogP contribution in [0.5, 0.6) is 17.2 Å². The zero-order chi connectivity index (χ0) is 21.2. The molecule has 0 aliphatic rings. The Morgan fingerprint density at radius 2 is 1.45 bits per heavy atom. The van der Waals surface area contributed by atoms with E-state index in [1.165, 1.54) is 0 Å². The van der Waals surface area contributed by atoms with Crippen LogP contribution in [-0.2, 0) is 0 Å². The van der Waals surface area contributed by atoms with E-state index in [1.807, 2.05) is 39.8 Å². The van der Waals surface area contributed by atoms with Gasteiger partial charge >= 0.3 is 0 Å². The first-order valence-electron chi connectivity index (χ1n) is 9.73. The second-order valence-electron chi connectivity index (χ2n) is 5.96. The summed E-state index contributed by atoms with van der Waals surface area (Å²) in [5.41, 5.74) is 4.63. The summed E-state index contributed by atoms with van der Waals surface area (Å²) in [6.45, 7) is 8.91. The Hall–Kier alpha value is -2.73.